The van der Waals surface area contributed by atoms with E-state index in [9.17, 15) is 9.90 Å². The van der Waals surface area contributed by atoms with Crippen LogP contribution in [0.25, 0.3) is 0 Å². The minimum atomic E-state index is -0.753. The fourth-order valence-electron chi connectivity index (χ4n) is 1.69. The molecule has 1 unspecified atom stereocenters. The van der Waals surface area contributed by atoms with Crippen LogP contribution in [-0.4, -0.2) is 32.5 Å². The van der Waals surface area contributed by atoms with Crippen molar-refractivity contribution in [2.24, 2.45) is 0 Å². The zero-order chi connectivity index (χ0) is 12.3. The van der Waals surface area contributed by atoms with Crippen LogP contribution < -0.4 is 0 Å². The Kier molecular flexibility index (Phi) is 4.15. The van der Waals surface area contributed by atoms with Crippen molar-refractivity contribution in [2.75, 3.05) is 12.3 Å². The van der Waals surface area contributed by atoms with Crippen molar-refractivity contribution in [3.63, 3.8) is 0 Å². The maximum absolute atomic E-state index is 11.9. The van der Waals surface area contributed by atoms with Gasteiger partial charge in [0, 0.05) is 12.3 Å². The summed E-state index contributed by atoms with van der Waals surface area (Å²) in [6, 6.07) is 9.20. The molecule has 1 aliphatic rings. The number of hydrogen-bond acceptors (Lipinski definition) is 4. The number of aliphatic hydroxyl groups excluding tert-OH is 1. The van der Waals surface area contributed by atoms with E-state index in [2.05, 4.69) is 0 Å². The Morgan fingerprint density at radius 1 is 1.47 bits per heavy atom. The van der Waals surface area contributed by atoms with Gasteiger partial charge in [-0.3, -0.25) is 9.69 Å². The van der Waals surface area contributed by atoms with Crippen LogP contribution in [0, 0.1) is 0 Å². The topological polar surface area (TPSA) is 40.5 Å². The zero-order valence-corrected chi connectivity index (χ0v) is 10.8. The van der Waals surface area contributed by atoms with E-state index in [1.807, 2.05) is 30.3 Å². The summed E-state index contributed by atoms with van der Waals surface area (Å²) in [4.78, 5) is 13.5. The number of amides is 1. The Morgan fingerprint density at radius 2 is 2.18 bits per heavy atom. The summed E-state index contributed by atoms with van der Waals surface area (Å²) >= 11 is 6.58. The van der Waals surface area contributed by atoms with Crippen molar-refractivity contribution in [1.82, 2.24) is 4.90 Å². The molecular weight excluding hydrogens is 254 g/mol. The van der Waals surface area contributed by atoms with E-state index in [4.69, 9.17) is 12.2 Å². The minimum Gasteiger partial charge on any atom is -0.388 e. The number of benzene rings is 1. The van der Waals surface area contributed by atoms with Crippen LogP contribution >= 0.6 is 24.0 Å². The molecule has 1 saturated heterocycles. The van der Waals surface area contributed by atoms with Crippen LogP contribution in [-0.2, 0) is 4.79 Å². The van der Waals surface area contributed by atoms with E-state index in [-0.39, 0.29) is 12.3 Å². The first-order valence-corrected chi connectivity index (χ1v) is 6.78. The van der Waals surface area contributed by atoms with E-state index in [0.717, 1.165) is 11.3 Å². The van der Waals surface area contributed by atoms with Gasteiger partial charge in [-0.25, -0.2) is 0 Å². The monoisotopic (exact) mass is 267 g/mol. The Morgan fingerprint density at radius 3 is 2.76 bits per heavy atom. The van der Waals surface area contributed by atoms with Gasteiger partial charge in [-0.05, 0) is 5.56 Å². The Labute approximate surface area is 110 Å². The van der Waals surface area contributed by atoms with Gasteiger partial charge in [-0.15, -0.1) is 0 Å². The molecule has 0 saturated carbocycles. The number of thiocarbonyl (C=S) groups is 1. The standard InChI is InChI=1S/C12H13NO2S2/c14-10(9-4-2-1-3-5-9)8-11(15)13-6-7-17-12(13)16/h1-5,10,14H,6-8H2. The molecule has 90 valence electrons. The molecule has 1 atom stereocenters. The molecule has 1 fully saturated rings. The second-order valence-corrected chi connectivity index (χ2v) is 5.52. The first-order valence-electron chi connectivity index (χ1n) is 5.38. The van der Waals surface area contributed by atoms with Crippen molar-refractivity contribution < 1.29 is 9.90 Å². The molecule has 0 aliphatic carbocycles. The quantitative estimate of drug-likeness (QED) is 0.850. The van der Waals surface area contributed by atoms with Gasteiger partial charge in [0.05, 0.1) is 12.5 Å². The Hall–Kier alpha value is -0.910. The van der Waals surface area contributed by atoms with Crippen molar-refractivity contribution in [3.05, 3.63) is 35.9 Å². The number of nitrogens with zero attached hydrogens (tertiary/aromatic N) is 1. The van der Waals surface area contributed by atoms with Crippen molar-refractivity contribution in [3.8, 4) is 0 Å². The lowest BCUT2D eigenvalue weighted by Crippen LogP contribution is -2.31. The summed E-state index contributed by atoms with van der Waals surface area (Å²) in [5, 5.41) is 9.94. The lowest BCUT2D eigenvalue weighted by molar-refractivity contribution is -0.128. The number of carbonyl (C=O) groups excluding carboxylic acids is 1. The van der Waals surface area contributed by atoms with Gasteiger partial charge < -0.3 is 5.11 Å². The molecule has 5 heteroatoms. The molecule has 1 heterocycles. The second-order valence-electron chi connectivity index (χ2n) is 3.79. The summed E-state index contributed by atoms with van der Waals surface area (Å²) in [7, 11) is 0. The highest BCUT2D eigenvalue weighted by Crippen LogP contribution is 2.22. The summed E-state index contributed by atoms with van der Waals surface area (Å²) in [5.41, 5.74) is 0.763. The fraction of sp³-hybridized carbons (Fsp3) is 0.333. The third kappa shape index (κ3) is 3.06. The summed E-state index contributed by atoms with van der Waals surface area (Å²) < 4.78 is 0.621. The van der Waals surface area contributed by atoms with E-state index in [0.29, 0.717) is 10.9 Å². The van der Waals surface area contributed by atoms with Crippen LogP contribution in [0.4, 0.5) is 0 Å². The predicted octanol–water partition coefficient (Wildman–Crippen LogP) is 1.97. The highest BCUT2D eigenvalue weighted by molar-refractivity contribution is 8.23. The van der Waals surface area contributed by atoms with Gasteiger partial charge >= 0.3 is 0 Å². The van der Waals surface area contributed by atoms with E-state index in [1.165, 1.54) is 11.8 Å². The average Bonchev–Trinajstić information content (AvgIpc) is 2.76. The maximum atomic E-state index is 11.9. The Bertz CT molecular complexity index is 422. The summed E-state index contributed by atoms with van der Waals surface area (Å²) in [5.74, 6) is 0.753. The molecule has 2 rings (SSSR count). The smallest absolute Gasteiger partial charge is 0.230 e. The fourth-order valence-corrected chi connectivity index (χ4v) is 2.93. The highest BCUT2D eigenvalue weighted by atomic mass is 32.2. The van der Waals surface area contributed by atoms with Crippen LogP contribution in [0.3, 0.4) is 0 Å². The Balaban J connectivity index is 1.97. The first-order chi connectivity index (χ1) is 8.18. The molecule has 0 aromatic heterocycles. The van der Waals surface area contributed by atoms with Gasteiger partial charge in [0.15, 0.2) is 0 Å². The molecule has 1 amide bonds. The molecule has 1 aromatic carbocycles. The lowest BCUT2D eigenvalue weighted by Gasteiger charge is -2.17. The molecule has 17 heavy (non-hydrogen) atoms. The maximum Gasteiger partial charge on any atom is 0.230 e. The molecule has 1 N–H and O–H groups in total. The predicted molar refractivity (Wildman–Crippen MR) is 72.8 cm³/mol. The summed E-state index contributed by atoms with van der Waals surface area (Å²) in [6.45, 7) is 0.657. The minimum absolute atomic E-state index is 0.0880. The normalized spacial score (nSPS) is 17.2. The largest absolute Gasteiger partial charge is 0.388 e. The second kappa shape index (κ2) is 5.62. The lowest BCUT2D eigenvalue weighted by atomic mass is 10.1. The van der Waals surface area contributed by atoms with Crippen LogP contribution in [0.1, 0.15) is 18.1 Å². The van der Waals surface area contributed by atoms with E-state index >= 15 is 0 Å². The van der Waals surface area contributed by atoms with Crippen LogP contribution in [0.5, 0.6) is 0 Å². The molecular formula is C12H13NO2S2. The third-order valence-electron chi connectivity index (χ3n) is 2.61. The molecule has 0 radical (unpaired) electrons. The number of hydrogen-bond donors (Lipinski definition) is 1. The molecule has 1 aromatic rings. The van der Waals surface area contributed by atoms with Gasteiger partial charge in [-0.1, -0.05) is 54.3 Å². The molecule has 3 nitrogen and oxygen atoms in total. The average molecular weight is 267 g/mol. The van der Waals surface area contributed by atoms with Gasteiger partial charge in [0.25, 0.3) is 0 Å². The SMILES string of the molecule is O=C(CC(O)c1ccccc1)N1CCSC1=S. The third-order valence-corrected chi connectivity index (χ3v) is 4.04. The van der Waals surface area contributed by atoms with E-state index < -0.39 is 6.10 Å². The van der Waals surface area contributed by atoms with Gasteiger partial charge in [-0.2, -0.15) is 0 Å². The van der Waals surface area contributed by atoms with Crippen LogP contribution in [0.2, 0.25) is 0 Å². The van der Waals surface area contributed by atoms with Crippen molar-refractivity contribution >= 4 is 34.2 Å². The zero-order valence-electron chi connectivity index (χ0n) is 9.20. The molecule has 0 spiro atoms. The number of carbonyl (C=O) groups is 1. The number of aliphatic hydroxyl groups is 1. The van der Waals surface area contributed by atoms with Gasteiger partial charge in [0.2, 0.25) is 5.91 Å². The van der Waals surface area contributed by atoms with Crippen LogP contribution in [0.15, 0.2) is 30.3 Å². The molecule has 0 bridgehead atoms. The van der Waals surface area contributed by atoms with E-state index in [1.54, 1.807) is 4.90 Å². The van der Waals surface area contributed by atoms with Crippen molar-refractivity contribution in [2.45, 2.75) is 12.5 Å². The van der Waals surface area contributed by atoms with Gasteiger partial charge in [0.1, 0.15) is 4.32 Å². The first kappa shape index (κ1) is 12.5. The number of rotatable bonds is 3. The highest BCUT2D eigenvalue weighted by Gasteiger charge is 2.25. The summed E-state index contributed by atoms with van der Waals surface area (Å²) in [6.07, 6.45) is -0.665. The number of thioether (sulfide) groups is 1. The van der Waals surface area contributed by atoms with Crippen molar-refractivity contribution in [1.29, 1.82) is 0 Å². The molecule has 1 aliphatic heterocycles.